The molecule has 1 N–H and O–H groups in total. The molecule has 0 aliphatic carbocycles. The second-order valence-electron chi connectivity index (χ2n) is 1.70. The molecule has 1 aromatic rings. The van der Waals surface area contributed by atoms with Gasteiger partial charge >= 0.3 is 0 Å². The summed E-state index contributed by atoms with van der Waals surface area (Å²) < 4.78 is 0. The lowest BCUT2D eigenvalue weighted by atomic mass is 10.4. The van der Waals surface area contributed by atoms with E-state index in [2.05, 4.69) is 9.97 Å². The Bertz CT molecular complexity index is 167. The summed E-state index contributed by atoms with van der Waals surface area (Å²) in [5.74, 6) is 0.970. The van der Waals surface area contributed by atoms with Gasteiger partial charge in [0.2, 0.25) is 0 Å². The zero-order valence-electron chi connectivity index (χ0n) is 5.10. The Hall–Kier alpha value is -0.790. The van der Waals surface area contributed by atoms with Crippen LogP contribution in [-0.2, 0) is 0 Å². The van der Waals surface area contributed by atoms with Crippen molar-refractivity contribution in [2.45, 2.75) is 13.8 Å². The van der Waals surface area contributed by atoms with Crippen LogP contribution < -0.4 is 0 Å². The van der Waals surface area contributed by atoms with Crippen LogP contribution in [0.3, 0.4) is 0 Å². The van der Waals surface area contributed by atoms with Gasteiger partial charge in [0, 0.05) is 12.6 Å². The number of hydrogen-bond donors (Lipinski definition) is 1. The number of rotatable bonds is 1. The fraction of sp³-hybridized carbons (Fsp3) is 0.333. The van der Waals surface area contributed by atoms with Gasteiger partial charge in [-0.15, -0.1) is 0 Å². The minimum atomic E-state index is 0.970. The lowest BCUT2D eigenvalue weighted by molar-refractivity contribution is 1.13. The van der Waals surface area contributed by atoms with E-state index in [-0.39, 0.29) is 0 Å². The molecule has 43 valence electrons. The van der Waals surface area contributed by atoms with E-state index in [1.54, 1.807) is 0 Å². The van der Waals surface area contributed by atoms with Gasteiger partial charge in [0.05, 0.1) is 5.69 Å². The first-order valence-electron chi connectivity index (χ1n) is 2.64. The van der Waals surface area contributed by atoms with Gasteiger partial charge in [0.25, 0.3) is 0 Å². The Labute approximate surface area is 49.0 Å². The minimum absolute atomic E-state index is 0.970. The molecular formula is C6H9N2. The second-order valence-corrected chi connectivity index (χ2v) is 1.70. The van der Waals surface area contributed by atoms with E-state index in [0.29, 0.717) is 0 Å². The highest BCUT2D eigenvalue weighted by molar-refractivity contribution is 5.08. The molecule has 2 heteroatoms. The highest BCUT2D eigenvalue weighted by Crippen LogP contribution is 1.96. The van der Waals surface area contributed by atoms with Crippen molar-refractivity contribution in [3.8, 4) is 0 Å². The molecule has 0 aliphatic rings. The van der Waals surface area contributed by atoms with Crippen LogP contribution in [0, 0.1) is 13.3 Å². The molecule has 0 aromatic carbocycles. The predicted octanol–water partition coefficient (Wildman–Crippen LogP) is 1.29. The van der Waals surface area contributed by atoms with Crippen LogP contribution in [-0.4, -0.2) is 9.97 Å². The summed E-state index contributed by atoms with van der Waals surface area (Å²) in [4.78, 5) is 7.10. The summed E-state index contributed by atoms with van der Waals surface area (Å²) in [6.45, 7) is 3.91. The Morgan fingerprint density at radius 2 is 2.50 bits per heavy atom. The molecular weight excluding hydrogens is 100 g/mol. The summed E-state index contributed by atoms with van der Waals surface area (Å²) in [6.07, 6.45) is 3.85. The Balaban J connectivity index is 2.84. The first-order chi connectivity index (χ1) is 3.83. The SMILES string of the molecule is C[CH]c1c[nH]c(C)n1. The number of imidazole rings is 1. The molecule has 1 aromatic heterocycles. The van der Waals surface area contributed by atoms with Gasteiger partial charge in [-0.3, -0.25) is 0 Å². The normalized spacial score (nSPS) is 9.75. The summed E-state index contributed by atoms with van der Waals surface area (Å²) in [5, 5.41) is 0. The monoisotopic (exact) mass is 109 g/mol. The van der Waals surface area contributed by atoms with Crippen molar-refractivity contribution in [2.75, 3.05) is 0 Å². The molecule has 0 unspecified atom stereocenters. The van der Waals surface area contributed by atoms with Crippen LogP contribution in [0.15, 0.2) is 6.20 Å². The number of aromatic nitrogens is 2. The quantitative estimate of drug-likeness (QED) is 0.578. The standard InChI is InChI=1S/C6H9N2/c1-3-6-4-7-5(2)8-6/h3-4H,1-2H3,(H,7,8). The zero-order chi connectivity index (χ0) is 5.98. The molecule has 8 heavy (non-hydrogen) atoms. The molecule has 0 amide bonds. The maximum Gasteiger partial charge on any atom is 0.103 e. The topological polar surface area (TPSA) is 28.7 Å². The largest absolute Gasteiger partial charge is 0.349 e. The molecule has 2 nitrogen and oxygen atoms in total. The molecule has 0 fully saturated rings. The fourth-order valence-electron chi connectivity index (χ4n) is 0.584. The van der Waals surface area contributed by atoms with Gasteiger partial charge in [-0.05, 0) is 6.92 Å². The molecule has 1 radical (unpaired) electrons. The first kappa shape index (κ1) is 5.35. The Morgan fingerprint density at radius 3 is 2.75 bits per heavy atom. The van der Waals surface area contributed by atoms with Crippen molar-refractivity contribution in [3.63, 3.8) is 0 Å². The van der Waals surface area contributed by atoms with Gasteiger partial charge < -0.3 is 4.98 Å². The molecule has 0 saturated heterocycles. The van der Waals surface area contributed by atoms with Crippen LogP contribution in [0.4, 0.5) is 0 Å². The molecule has 0 atom stereocenters. The molecule has 0 saturated carbocycles. The third kappa shape index (κ3) is 0.886. The average Bonchev–Trinajstić information content (AvgIpc) is 2.14. The number of aromatic amines is 1. The minimum Gasteiger partial charge on any atom is -0.349 e. The maximum atomic E-state index is 4.12. The van der Waals surface area contributed by atoms with Gasteiger partial charge in [-0.25, -0.2) is 4.98 Å². The van der Waals surface area contributed by atoms with Gasteiger partial charge in [0.15, 0.2) is 0 Å². The van der Waals surface area contributed by atoms with Crippen molar-refractivity contribution < 1.29 is 0 Å². The van der Waals surface area contributed by atoms with Crippen LogP contribution in [0.25, 0.3) is 0 Å². The van der Waals surface area contributed by atoms with E-state index in [9.17, 15) is 0 Å². The third-order valence-corrected chi connectivity index (χ3v) is 1.02. The Kier molecular flexibility index (Phi) is 1.33. The molecule has 0 spiro atoms. The number of nitrogens with zero attached hydrogens (tertiary/aromatic N) is 1. The Morgan fingerprint density at radius 1 is 1.75 bits per heavy atom. The van der Waals surface area contributed by atoms with Crippen LogP contribution in [0.2, 0.25) is 0 Å². The fourth-order valence-corrected chi connectivity index (χ4v) is 0.584. The number of H-pyrrole nitrogens is 1. The van der Waals surface area contributed by atoms with E-state index in [0.717, 1.165) is 11.5 Å². The van der Waals surface area contributed by atoms with E-state index < -0.39 is 0 Å². The van der Waals surface area contributed by atoms with E-state index in [1.165, 1.54) is 0 Å². The lowest BCUT2D eigenvalue weighted by Gasteiger charge is -1.78. The van der Waals surface area contributed by atoms with Gasteiger partial charge in [-0.1, -0.05) is 6.92 Å². The molecule has 0 aliphatic heterocycles. The smallest absolute Gasteiger partial charge is 0.103 e. The third-order valence-electron chi connectivity index (χ3n) is 1.02. The van der Waals surface area contributed by atoms with Crippen LogP contribution in [0.5, 0.6) is 0 Å². The molecule has 0 bridgehead atoms. The second kappa shape index (κ2) is 1.99. The number of aryl methyl sites for hydroxylation is 1. The summed E-state index contributed by atoms with van der Waals surface area (Å²) in [5.41, 5.74) is 1.02. The van der Waals surface area contributed by atoms with Crippen molar-refractivity contribution in [3.05, 3.63) is 24.1 Å². The van der Waals surface area contributed by atoms with E-state index in [4.69, 9.17) is 0 Å². The lowest BCUT2D eigenvalue weighted by Crippen LogP contribution is -1.74. The summed E-state index contributed by atoms with van der Waals surface area (Å²) >= 11 is 0. The van der Waals surface area contributed by atoms with Crippen LogP contribution in [0.1, 0.15) is 18.4 Å². The van der Waals surface area contributed by atoms with Crippen molar-refractivity contribution >= 4 is 0 Å². The first-order valence-corrected chi connectivity index (χ1v) is 2.64. The maximum absolute atomic E-state index is 4.12. The number of nitrogens with one attached hydrogen (secondary N) is 1. The van der Waals surface area contributed by atoms with Gasteiger partial charge in [-0.2, -0.15) is 0 Å². The van der Waals surface area contributed by atoms with E-state index in [1.807, 2.05) is 26.5 Å². The van der Waals surface area contributed by atoms with Gasteiger partial charge in [0.1, 0.15) is 5.82 Å². The summed E-state index contributed by atoms with van der Waals surface area (Å²) in [6, 6.07) is 0. The van der Waals surface area contributed by atoms with Crippen molar-refractivity contribution in [1.82, 2.24) is 9.97 Å². The van der Waals surface area contributed by atoms with E-state index >= 15 is 0 Å². The molecule has 1 heterocycles. The zero-order valence-corrected chi connectivity index (χ0v) is 5.10. The molecule has 1 rings (SSSR count). The average molecular weight is 109 g/mol. The highest BCUT2D eigenvalue weighted by atomic mass is 14.9. The number of hydrogen-bond acceptors (Lipinski definition) is 1. The van der Waals surface area contributed by atoms with Crippen LogP contribution >= 0.6 is 0 Å². The summed E-state index contributed by atoms with van der Waals surface area (Å²) in [7, 11) is 0. The van der Waals surface area contributed by atoms with Crippen molar-refractivity contribution in [2.24, 2.45) is 0 Å². The van der Waals surface area contributed by atoms with Crippen molar-refractivity contribution in [1.29, 1.82) is 0 Å². The predicted molar refractivity (Wildman–Crippen MR) is 32.4 cm³/mol. The highest BCUT2D eigenvalue weighted by Gasteiger charge is 1.90.